The fourth-order valence-electron chi connectivity index (χ4n) is 2.45. The summed E-state index contributed by atoms with van der Waals surface area (Å²) in [5.41, 5.74) is 0. The Morgan fingerprint density at radius 3 is 2.57 bits per heavy atom. The average Bonchev–Trinajstić information content (AvgIpc) is 2.50. The molecule has 1 heterocycles. The largest absolute Gasteiger partial charge is 0.480 e. The van der Waals surface area contributed by atoms with Gasteiger partial charge in [0.2, 0.25) is 0 Å². The summed E-state index contributed by atoms with van der Waals surface area (Å²) in [5.74, 6) is -1.71. The number of urea groups is 1. The summed E-state index contributed by atoms with van der Waals surface area (Å²) >= 11 is 0. The summed E-state index contributed by atoms with van der Waals surface area (Å²) in [4.78, 5) is 36.7. The van der Waals surface area contributed by atoms with Gasteiger partial charge in [0.1, 0.15) is 12.1 Å². The van der Waals surface area contributed by atoms with E-state index in [-0.39, 0.29) is 5.92 Å². The van der Waals surface area contributed by atoms with Gasteiger partial charge < -0.3 is 20.1 Å². The van der Waals surface area contributed by atoms with Crippen LogP contribution in [0.25, 0.3) is 0 Å². The van der Waals surface area contributed by atoms with Crippen LogP contribution >= 0.6 is 0 Å². The van der Waals surface area contributed by atoms with Crippen LogP contribution in [0.15, 0.2) is 0 Å². The molecule has 0 spiro atoms. The number of hydrogen-bond acceptors (Lipinski definition) is 4. The van der Waals surface area contributed by atoms with Gasteiger partial charge in [0.25, 0.3) is 0 Å². The molecule has 120 valence electrons. The number of likely N-dealkylation sites (tertiary alicyclic amines) is 1. The molecule has 1 rings (SSSR count). The van der Waals surface area contributed by atoms with E-state index in [0.29, 0.717) is 19.4 Å². The van der Waals surface area contributed by atoms with Crippen molar-refractivity contribution in [3.05, 3.63) is 0 Å². The van der Waals surface area contributed by atoms with E-state index in [2.05, 4.69) is 5.32 Å². The summed E-state index contributed by atoms with van der Waals surface area (Å²) in [7, 11) is 1.28. The normalized spacial score (nSPS) is 21.3. The van der Waals surface area contributed by atoms with Gasteiger partial charge in [0, 0.05) is 6.54 Å². The number of aliphatic carboxylic acids is 1. The van der Waals surface area contributed by atoms with Crippen molar-refractivity contribution < 1.29 is 24.2 Å². The number of amides is 2. The van der Waals surface area contributed by atoms with Crippen molar-refractivity contribution in [1.82, 2.24) is 10.2 Å². The van der Waals surface area contributed by atoms with Crippen molar-refractivity contribution in [3.8, 4) is 0 Å². The predicted molar refractivity (Wildman–Crippen MR) is 75.8 cm³/mol. The zero-order valence-electron chi connectivity index (χ0n) is 12.8. The Balaban J connectivity index is 2.79. The van der Waals surface area contributed by atoms with Crippen LogP contribution in [0.5, 0.6) is 0 Å². The molecule has 0 aromatic heterocycles. The molecular weight excluding hydrogens is 276 g/mol. The molecule has 0 radical (unpaired) electrons. The van der Waals surface area contributed by atoms with Gasteiger partial charge in [-0.25, -0.2) is 14.4 Å². The van der Waals surface area contributed by atoms with Crippen LogP contribution in [0, 0.1) is 5.92 Å². The Hall–Kier alpha value is -1.79. The second kappa shape index (κ2) is 7.85. The number of nitrogens with zero attached hydrogens (tertiary/aromatic N) is 1. The number of carbonyl (C=O) groups is 3. The van der Waals surface area contributed by atoms with Crippen LogP contribution in [-0.2, 0) is 14.3 Å². The van der Waals surface area contributed by atoms with E-state index in [1.165, 1.54) is 12.0 Å². The highest BCUT2D eigenvalue weighted by molar-refractivity contribution is 5.87. The smallest absolute Gasteiger partial charge is 0.328 e. The maximum atomic E-state index is 12.3. The molecule has 7 heteroatoms. The molecule has 2 N–H and O–H groups in total. The molecule has 1 aliphatic rings. The molecule has 0 aliphatic carbocycles. The first kappa shape index (κ1) is 17.3. The third kappa shape index (κ3) is 4.34. The Kier molecular flexibility index (Phi) is 6.45. The predicted octanol–water partition coefficient (Wildman–Crippen LogP) is 1.22. The molecule has 0 saturated carbocycles. The zero-order chi connectivity index (χ0) is 16.0. The van der Waals surface area contributed by atoms with Crippen LogP contribution in [0.1, 0.15) is 39.5 Å². The number of hydrogen-bond donors (Lipinski definition) is 2. The lowest BCUT2D eigenvalue weighted by Gasteiger charge is -2.35. The molecule has 1 saturated heterocycles. The highest BCUT2D eigenvalue weighted by Gasteiger charge is 2.35. The van der Waals surface area contributed by atoms with Gasteiger partial charge in [-0.05, 0) is 25.2 Å². The molecular formula is C14H24N2O5. The fraction of sp³-hybridized carbons (Fsp3) is 0.786. The van der Waals surface area contributed by atoms with Gasteiger partial charge in [-0.15, -0.1) is 0 Å². The summed E-state index contributed by atoms with van der Waals surface area (Å²) in [6.45, 7) is 4.07. The van der Waals surface area contributed by atoms with Crippen molar-refractivity contribution in [1.29, 1.82) is 0 Å². The third-order valence-electron chi connectivity index (χ3n) is 3.99. The first-order valence-corrected chi connectivity index (χ1v) is 7.30. The van der Waals surface area contributed by atoms with E-state index in [1.807, 2.05) is 6.92 Å². The Morgan fingerprint density at radius 1 is 1.38 bits per heavy atom. The first-order chi connectivity index (χ1) is 9.92. The molecule has 1 aliphatic heterocycles. The molecule has 3 atom stereocenters. The van der Waals surface area contributed by atoms with E-state index < -0.39 is 30.1 Å². The summed E-state index contributed by atoms with van der Waals surface area (Å²) in [6.07, 6.45) is 2.82. The number of ether oxygens (including phenoxy) is 1. The number of carboxylic acid groups (broad SMARTS) is 1. The van der Waals surface area contributed by atoms with Crippen LogP contribution in [0.2, 0.25) is 0 Å². The molecule has 0 aromatic carbocycles. The van der Waals surface area contributed by atoms with Gasteiger partial charge in [0.15, 0.2) is 0 Å². The number of carboxylic acids is 1. The quantitative estimate of drug-likeness (QED) is 0.744. The van der Waals surface area contributed by atoms with E-state index in [9.17, 15) is 19.5 Å². The number of methoxy groups -OCH3 is 1. The number of rotatable bonds is 5. The Morgan fingerprint density at radius 2 is 2.05 bits per heavy atom. The minimum atomic E-state index is -1.07. The topological polar surface area (TPSA) is 95.9 Å². The Labute approximate surface area is 124 Å². The van der Waals surface area contributed by atoms with Crippen LogP contribution < -0.4 is 5.32 Å². The number of carbonyl (C=O) groups excluding carboxylic acids is 2. The minimum absolute atomic E-state index is 0.187. The molecule has 21 heavy (non-hydrogen) atoms. The van der Waals surface area contributed by atoms with Gasteiger partial charge in [-0.2, -0.15) is 0 Å². The van der Waals surface area contributed by atoms with Crippen molar-refractivity contribution in [2.45, 2.75) is 51.6 Å². The second-order valence-electron chi connectivity index (χ2n) is 5.38. The third-order valence-corrected chi connectivity index (χ3v) is 3.99. The number of piperidine rings is 1. The van der Waals surface area contributed by atoms with Crippen molar-refractivity contribution >= 4 is 18.0 Å². The van der Waals surface area contributed by atoms with Crippen molar-refractivity contribution in [2.24, 2.45) is 5.92 Å². The Bertz CT molecular complexity index is 399. The van der Waals surface area contributed by atoms with E-state index in [0.717, 1.165) is 12.8 Å². The lowest BCUT2D eigenvalue weighted by molar-refractivity contribution is -0.146. The molecule has 1 fully saturated rings. The van der Waals surface area contributed by atoms with Crippen molar-refractivity contribution in [2.75, 3.05) is 13.7 Å². The minimum Gasteiger partial charge on any atom is -0.480 e. The number of esters is 1. The zero-order valence-corrected chi connectivity index (χ0v) is 12.8. The first-order valence-electron chi connectivity index (χ1n) is 7.30. The lowest BCUT2D eigenvalue weighted by Crippen LogP contribution is -2.56. The van der Waals surface area contributed by atoms with Crippen LogP contribution in [-0.4, -0.2) is 53.7 Å². The van der Waals surface area contributed by atoms with E-state index in [1.54, 1.807) is 6.92 Å². The SMILES string of the molecule is CCC(C)C(NC(=O)N1CCCCC1C(=O)OC)C(=O)O. The fourth-order valence-corrected chi connectivity index (χ4v) is 2.45. The van der Waals surface area contributed by atoms with Gasteiger partial charge >= 0.3 is 18.0 Å². The molecule has 0 aromatic rings. The summed E-state index contributed by atoms with van der Waals surface area (Å²) in [6, 6.07) is -2.10. The van der Waals surface area contributed by atoms with E-state index >= 15 is 0 Å². The summed E-state index contributed by atoms with van der Waals surface area (Å²) in [5, 5.41) is 11.7. The molecule has 2 amide bonds. The monoisotopic (exact) mass is 300 g/mol. The highest BCUT2D eigenvalue weighted by Crippen LogP contribution is 2.19. The molecule has 7 nitrogen and oxygen atoms in total. The van der Waals surface area contributed by atoms with Gasteiger partial charge in [-0.1, -0.05) is 20.3 Å². The number of nitrogens with one attached hydrogen (secondary N) is 1. The molecule has 3 unspecified atom stereocenters. The maximum Gasteiger partial charge on any atom is 0.328 e. The van der Waals surface area contributed by atoms with Gasteiger partial charge in [-0.3, -0.25) is 0 Å². The maximum absolute atomic E-state index is 12.3. The lowest BCUT2D eigenvalue weighted by atomic mass is 9.99. The highest BCUT2D eigenvalue weighted by atomic mass is 16.5. The van der Waals surface area contributed by atoms with Gasteiger partial charge in [0.05, 0.1) is 7.11 Å². The average molecular weight is 300 g/mol. The van der Waals surface area contributed by atoms with E-state index in [4.69, 9.17) is 4.74 Å². The molecule has 0 bridgehead atoms. The van der Waals surface area contributed by atoms with Crippen LogP contribution in [0.4, 0.5) is 4.79 Å². The standard InChI is InChI=1S/C14H24N2O5/c1-4-9(2)11(12(17)18)15-14(20)16-8-6-5-7-10(16)13(19)21-3/h9-11H,4-8H2,1-3H3,(H,15,20)(H,17,18). The van der Waals surface area contributed by atoms with Crippen LogP contribution in [0.3, 0.4) is 0 Å². The summed E-state index contributed by atoms with van der Waals surface area (Å²) < 4.78 is 4.71. The second-order valence-corrected chi connectivity index (χ2v) is 5.38. The van der Waals surface area contributed by atoms with Crippen molar-refractivity contribution in [3.63, 3.8) is 0 Å².